The van der Waals surface area contributed by atoms with Crippen molar-refractivity contribution in [2.24, 2.45) is 0 Å². The van der Waals surface area contributed by atoms with Gasteiger partial charge in [0.2, 0.25) is 0 Å². The quantitative estimate of drug-likeness (QED) is 0.673. The SMILES string of the molecule is O=C(NCCCCNC(=O)OCc1ccccc1)OCc1ccccc1. The number of alkyl carbamates (subject to hydrolysis) is 2. The molecule has 0 bridgehead atoms. The van der Waals surface area contributed by atoms with Gasteiger partial charge in [-0.15, -0.1) is 0 Å². The summed E-state index contributed by atoms with van der Waals surface area (Å²) in [7, 11) is 0. The Morgan fingerprint density at radius 2 is 1.04 bits per heavy atom. The highest BCUT2D eigenvalue weighted by Crippen LogP contribution is 2.01. The third kappa shape index (κ3) is 8.19. The Morgan fingerprint density at radius 3 is 1.42 bits per heavy atom. The molecule has 0 spiro atoms. The maximum Gasteiger partial charge on any atom is 0.407 e. The van der Waals surface area contributed by atoms with Gasteiger partial charge in [-0.1, -0.05) is 60.7 Å². The van der Waals surface area contributed by atoms with E-state index in [1.165, 1.54) is 0 Å². The lowest BCUT2D eigenvalue weighted by Gasteiger charge is -2.08. The van der Waals surface area contributed by atoms with Crippen LogP contribution in [0.3, 0.4) is 0 Å². The Labute approximate surface area is 153 Å². The molecule has 26 heavy (non-hydrogen) atoms. The molecule has 0 saturated carbocycles. The van der Waals surface area contributed by atoms with E-state index in [1.54, 1.807) is 0 Å². The molecule has 0 fully saturated rings. The van der Waals surface area contributed by atoms with E-state index in [2.05, 4.69) is 10.6 Å². The summed E-state index contributed by atoms with van der Waals surface area (Å²) in [4.78, 5) is 23.1. The van der Waals surface area contributed by atoms with Crippen molar-refractivity contribution in [3.63, 3.8) is 0 Å². The zero-order valence-electron chi connectivity index (χ0n) is 14.6. The van der Waals surface area contributed by atoms with E-state index in [4.69, 9.17) is 9.47 Å². The third-order valence-electron chi connectivity index (χ3n) is 3.57. The molecule has 0 aliphatic rings. The molecular formula is C20H24N2O4. The van der Waals surface area contributed by atoms with E-state index in [-0.39, 0.29) is 13.2 Å². The molecule has 2 N–H and O–H groups in total. The van der Waals surface area contributed by atoms with E-state index < -0.39 is 12.2 Å². The van der Waals surface area contributed by atoms with Crippen molar-refractivity contribution in [3.8, 4) is 0 Å². The number of nitrogens with one attached hydrogen (secondary N) is 2. The molecule has 2 aromatic carbocycles. The zero-order valence-corrected chi connectivity index (χ0v) is 14.6. The van der Waals surface area contributed by atoms with Crippen LogP contribution in [0, 0.1) is 0 Å². The smallest absolute Gasteiger partial charge is 0.407 e. The van der Waals surface area contributed by atoms with E-state index in [0.29, 0.717) is 13.1 Å². The lowest BCUT2D eigenvalue weighted by molar-refractivity contribution is 0.137. The summed E-state index contributed by atoms with van der Waals surface area (Å²) in [5, 5.41) is 5.37. The molecule has 0 unspecified atom stereocenters. The Morgan fingerprint density at radius 1 is 0.654 bits per heavy atom. The highest BCUT2D eigenvalue weighted by molar-refractivity contribution is 5.67. The number of unbranched alkanes of at least 4 members (excludes halogenated alkanes) is 1. The molecule has 0 saturated heterocycles. The van der Waals surface area contributed by atoms with E-state index in [0.717, 1.165) is 24.0 Å². The van der Waals surface area contributed by atoms with Gasteiger partial charge in [0.1, 0.15) is 13.2 Å². The first-order valence-electron chi connectivity index (χ1n) is 8.63. The average Bonchev–Trinajstić information content (AvgIpc) is 2.69. The zero-order chi connectivity index (χ0) is 18.5. The summed E-state index contributed by atoms with van der Waals surface area (Å²) in [5.74, 6) is 0. The topological polar surface area (TPSA) is 76.7 Å². The van der Waals surface area contributed by atoms with Crippen LogP contribution in [0.5, 0.6) is 0 Å². The van der Waals surface area contributed by atoms with Crippen LogP contribution in [-0.4, -0.2) is 25.3 Å². The molecule has 138 valence electrons. The van der Waals surface area contributed by atoms with Gasteiger partial charge in [-0.05, 0) is 24.0 Å². The molecule has 0 radical (unpaired) electrons. The second kappa shape index (κ2) is 11.5. The van der Waals surface area contributed by atoms with Gasteiger partial charge in [0.05, 0.1) is 0 Å². The van der Waals surface area contributed by atoms with E-state index >= 15 is 0 Å². The van der Waals surface area contributed by atoms with Crippen LogP contribution in [0.4, 0.5) is 9.59 Å². The van der Waals surface area contributed by atoms with Crippen molar-refractivity contribution in [3.05, 3.63) is 71.8 Å². The largest absolute Gasteiger partial charge is 0.445 e. The van der Waals surface area contributed by atoms with Gasteiger partial charge >= 0.3 is 12.2 Å². The maximum absolute atomic E-state index is 11.6. The minimum absolute atomic E-state index is 0.251. The second-order valence-corrected chi connectivity index (χ2v) is 5.68. The first-order valence-corrected chi connectivity index (χ1v) is 8.63. The molecule has 0 aromatic heterocycles. The summed E-state index contributed by atoms with van der Waals surface area (Å²) >= 11 is 0. The third-order valence-corrected chi connectivity index (χ3v) is 3.57. The summed E-state index contributed by atoms with van der Waals surface area (Å²) in [6.07, 6.45) is 0.590. The number of amides is 2. The number of carbonyl (C=O) groups is 2. The minimum Gasteiger partial charge on any atom is -0.445 e. The van der Waals surface area contributed by atoms with Gasteiger partial charge in [-0.25, -0.2) is 9.59 Å². The minimum atomic E-state index is -0.441. The highest BCUT2D eigenvalue weighted by atomic mass is 16.6. The number of carbonyl (C=O) groups excluding carboxylic acids is 2. The molecule has 0 heterocycles. The fourth-order valence-electron chi connectivity index (χ4n) is 2.18. The maximum atomic E-state index is 11.6. The fourth-order valence-corrected chi connectivity index (χ4v) is 2.18. The van der Waals surface area contributed by atoms with Crippen molar-refractivity contribution in [2.45, 2.75) is 26.1 Å². The standard InChI is InChI=1S/C20H24N2O4/c23-19(25-15-17-9-3-1-4-10-17)21-13-7-8-14-22-20(24)26-16-18-11-5-2-6-12-18/h1-6,9-12H,7-8,13-16H2,(H,21,23)(H,22,24). The lowest BCUT2D eigenvalue weighted by atomic mass is 10.2. The molecule has 2 rings (SSSR count). The van der Waals surface area contributed by atoms with Gasteiger partial charge in [-0.2, -0.15) is 0 Å². The molecular weight excluding hydrogens is 332 g/mol. The van der Waals surface area contributed by atoms with Gasteiger partial charge in [-0.3, -0.25) is 0 Å². The van der Waals surface area contributed by atoms with Gasteiger partial charge in [0.15, 0.2) is 0 Å². The number of ether oxygens (including phenoxy) is 2. The lowest BCUT2D eigenvalue weighted by Crippen LogP contribution is -2.28. The highest BCUT2D eigenvalue weighted by Gasteiger charge is 2.03. The average molecular weight is 356 g/mol. The monoisotopic (exact) mass is 356 g/mol. The fraction of sp³-hybridized carbons (Fsp3) is 0.300. The number of rotatable bonds is 9. The van der Waals surface area contributed by atoms with Crippen molar-refractivity contribution in [1.29, 1.82) is 0 Å². The molecule has 6 heteroatoms. The summed E-state index contributed by atoms with van der Waals surface area (Å²) in [5.41, 5.74) is 1.89. The number of hydrogen-bond acceptors (Lipinski definition) is 4. The van der Waals surface area contributed by atoms with Crippen molar-refractivity contribution in [2.75, 3.05) is 13.1 Å². The van der Waals surface area contributed by atoms with Crippen LogP contribution >= 0.6 is 0 Å². The molecule has 2 amide bonds. The van der Waals surface area contributed by atoms with E-state index in [1.807, 2.05) is 60.7 Å². The molecule has 0 atom stereocenters. The normalized spacial score (nSPS) is 10.0. The van der Waals surface area contributed by atoms with Crippen LogP contribution in [0.25, 0.3) is 0 Å². The Hall–Kier alpha value is -3.02. The predicted octanol–water partition coefficient (Wildman–Crippen LogP) is 3.62. The molecule has 0 aliphatic heterocycles. The van der Waals surface area contributed by atoms with E-state index in [9.17, 15) is 9.59 Å². The molecule has 0 aliphatic carbocycles. The van der Waals surface area contributed by atoms with Crippen molar-refractivity contribution < 1.29 is 19.1 Å². The van der Waals surface area contributed by atoms with Crippen molar-refractivity contribution in [1.82, 2.24) is 10.6 Å². The van der Waals surface area contributed by atoms with Gasteiger partial charge in [0, 0.05) is 13.1 Å². The summed E-state index contributed by atoms with van der Waals surface area (Å²) in [6.45, 7) is 1.49. The van der Waals surface area contributed by atoms with Crippen LogP contribution in [-0.2, 0) is 22.7 Å². The van der Waals surface area contributed by atoms with Crippen LogP contribution in [0.1, 0.15) is 24.0 Å². The number of hydrogen-bond donors (Lipinski definition) is 2. The molecule has 6 nitrogen and oxygen atoms in total. The van der Waals surface area contributed by atoms with Crippen LogP contribution < -0.4 is 10.6 Å². The van der Waals surface area contributed by atoms with Gasteiger partial charge < -0.3 is 20.1 Å². The Bertz CT molecular complexity index is 603. The summed E-state index contributed by atoms with van der Waals surface area (Å²) in [6, 6.07) is 19.0. The second-order valence-electron chi connectivity index (χ2n) is 5.68. The first-order chi connectivity index (χ1) is 12.7. The molecule has 2 aromatic rings. The summed E-state index contributed by atoms with van der Waals surface area (Å²) < 4.78 is 10.2. The van der Waals surface area contributed by atoms with Crippen LogP contribution in [0.2, 0.25) is 0 Å². The van der Waals surface area contributed by atoms with Crippen molar-refractivity contribution >= 4 is 12.2 Å². The van der Waals surface area contributed by atoms with Gasteiger partial charge in [0.25, 0.3) is 0 Å². The first kappa shape index (κ1) is 19.3. The van der Waals surface area contributed by atoms with Crippen LogP contribution in [0.15, 0.2) is 60.7 Å². The Balaban J connectivity index is 1.45. The predicted molar refractivity (Wildman–Crippen MR) is 98.5 cm³/mol. The number of benzene rings is 2. The Kier molecular flexibility index (Phi) is 8.55.